The minimum absolute atomic E-state index is 0.0773. The second-order valence-electron chi connectivity index (χ2n) is 6.41. The van der Waals surface area contributed by atoms with Crippen LogP contribution in [-0.4, -0.2) is 23.1 Å². The number of rotatable bonds is 6. The van der Waals surface area contributed by atoms with E-state index in [2.05, 4.69) is 35.0 Å². The van der Waals surface area contributed by atoms with Gasteiger partial charge in [0.2, 0.25) is 5.91 Å². The van der Waals surface area contributed by atoms with E-state index in [0.717, 1.165) is 12.1 Å². The van der Waals surface area contributed by atoms with Crippen molar-refractivity contribution in [2.75, 3.05) is 11.9 Å². The van der Waals surface area contributed by atoms with Crippen molar-refractivity contribution in [3.05, 3.63) is 29.8 Å². The molecule has 22 heavy (non-hydrogen) atoms. The van der Waals surface area contributed by atoms with Gasteiger partial charge >= 0.3 is 0 Å². The van der Waals surface area contributed by atoms with Crippen molar-refractivity contribution >= 4 is 28.9 Å². The van der Waals surface area contributed by atoms with E-state index < -0.39 is 0 Å². The van der Waals surface area contributed by atoms with Crippen molar-refractivity contribution in [1.29, 1.82) is 0 Å². The molecule has 122 valence electrons. The van der Waals surface area contributed by atoms with E-state index in [9.17, 15) is 4.79 Å². The van der Waals surface area contributed by atoms with Gasteiger partial charge in [-0.2, -0.15) is 0 Å². The van der Waals surface area contributed by atoms with Crippen LogP contribution in [0.2, 0.25) is 0 Å². The highest BCUT2D eigenvalue weighted by Gasteiger charge is 2.13. The number of aryl methyl sites for hydroxylation is 1. The third-order valence-electron chi connectivity index (χ3n) is 2.95. The molecule has 5 heteroatoms. The minimum Gasteiger partial charge on any atom is -0.353 e. The molecule has 0 atom stereocenters. The van der Waals surface area contributed by atoms with E-state index in [1.54, 1.807) is 0 Å². The predicted molar refractivity (Wildman–Crippen MR) is 97.2 cm³/mol. The fraction of sp³-hybridized carbons (Fsp3) is 0.529. The Morgan fingerprint density at radius 3 is 2.36 bits per heavy atom. The zero-order chi connectivity index (χ0) is 16.6. The van der Waals surface area contributed by atoms with Gasteiger partial charge in [0.15, 0.2) is 5.11 Å². The van der Waals surface area contributed by atoms with Crippen LogP contribution in [-0.2, 0) is 11.2 Å². The molecule has 0 fully saturated rings. The van der Waals surface area contributed by atoms with Crippen LogP contribution in [0.3, 0.4) is 0 Å². The molecule has 0 radical (unpaired) electrons. The lowest BCUT2D eigenvalue weighted by Gasteiger charge is -2.21. The number of hydrogen-bond acceptors (Lipinski definition) is 2. The Morgan fingerprint density at radius 1 is 1.18 bits per heavy atom. The smallest absolute Gasteiger partial charge is 0.239 e. The van der Waals surface area contributed by atoms with E-state index in [0.29, 0.717) is 5.11 Å². The molecule has 3 N–H and O–H groups in total. The summed E-state index contributed by atoms with van der Waals surface area (Å²) in [5.41, 5.74) is 2.02. The van der Waals surface area contributed by atoms with Crippen LogP contribution in [0.15, 0.2) is 24.3 Å². The summed E-state index contributed by atoms with van der Waals surface area (Å²) in [5, 5.41) is 9.32. The molecule has 0 aromatic heterocycles. The summed E-state index contributed by atoms with van der Waals surface area (Å²) >= 11 is 5.20. The average molecular weight is 321 g/mol. The van der Waals surface area contributed by atoms with Crippen molar-refractivity contribution in [3.8, 4) is 0 Å². The summed E-state index contributed by atoms with van der Waals surface area (Å²) < 4.78 is 0. The van der Waals surface area contributed by atoms with Crippen molar-refractivity contribution in [2.24, 2.45) is 0 Å². The molecule has 0 heterocycles. The van der Waals surface area contributed by atoms with Gasteiger partial charge in [0.25, 0.3) is 0 Å². The number of unbranched alkanes of at least 4 members (excludes halogenated alkanes) is 1. The number of carbonyl (C=O) groups is 1. The quantitative estimate of drug-likeness (QED) is 0.704. The van der Waals surface area contributed by atoms with Crippen LogP contribution in [0.25, 0.3) is 0 Å². The largest absolute Gasteiger partial charge is 0.353 e. The summed E-state index contributed by atoms with van der Waals surface area (Å²) in [5.74, 6) is -0.0773. The number of hydrogen-bond donors (Lipinski definition) is 3. The number of amides is 1. The first-order valence-corrected chi connectivity index (χ1v) is 8.16. The molecule has 1 rings (SSSR count). The Hall–Kier alpha value is -1.62. The van der Waals surface area contributed by atoms with E-state index in [1.165, 1.54) is 18.4 Å². The van der Waals surface area contributed by atoms with Crippen LogP contribution in [0, 0.1) is 0 Å². The predicted octanol–water partition coefficient (Wildman–Crippen LogP) is 3.23. The Balaban J connectivity index is 2.37. The molecule has 0 aliphatic carbocycles. The molecule has 0 unspecified atom stereocenters. The van der Waals surface area contributed by atoms with Crippen LogP contribution < -0.4 is 16.0 Å². The van der Waals surface area contributed by atoms with E-state index in [1.807, 2.05) is 32.9 Å². The van der Waals surface area contributed by atoms with E-state index in [4.69, 9.17) is 12.2 Å². The minimum atomic E-state index is -0.234. The molecule has 1 amide bonds. The lowest BCUT2D eigenvalue weighted by atomic mass is 10.1. The van der Waals surface area contributed by atoms with Crippen LogP contribution in [0.4, 0.5) is 5.69 Å². The zero-order valence-electron chi connectivity index (χ0n) is 14.0. The maximum Gasteiger partial charge on any atom is 0.239 e. The van der Waals surface area contributed by atoms with Gasteiger partial charge in [0.05, 0.1) is 6.54 Å². The number of benzene rings is 1. The topological polar surface area (TPSA) is 53.2 Å². The highest BCUT2D eigenvalue weighted by molar-refractivity contribution is 7.80. The van der Waals surface area contributed by atoms with Crippen molar-refractivity contribution in [2.45, 2.75) is 52.5 Å². The second-order valence-corrected chi connectivity index (χ2v) is 6.81. The van der Waals surface area contributed by atoms with E-state index in [-0.39, 0.29) is 18.0 Å². The maximum absolute atomic E-state index is 11.7. The monoisotopic (exact) mass is 321 g/mol. The van der Waals surface area contributed by atoms with Gasteiger partial charge in [-0.15, -0.1) is 0 Å². The molecule has 4 nitrogen and oxygen atoms in total. The van der Waals surface area contributed by atoms with Gasteiger partial charge in [-0.25, -0.2) is 0 Å². The highest BCUT2D eigenvalue weighted by atomic mass is 32.1. The molecule has 0 aliphatic heterocycles. The fourth-order valence-electron chi connectivity index (χ4n) is 1.93. The summed E-state index contributed by atoms with van der Waals surface area (Å²) in [6, 6.07) is 8.22. The van der Waals surface area contributed by atoms with Crippen LogP contribution in [0.1, 0.15) is 46.1 Å². The highest BCUT2D eigenvalue weighted by Crippen LogP contribution is 2.11. The van der Waals surface area contributed by atoms with Crippen LogP contribution >= 0.6 is 12.2 Å². The number of nitrogens with one attached hydrogen (secondary N) is 3. The maximum atomic E-state index is 11.7. The Bertz CT molecular complexity index is 492. The Kier molecular flexibility index (Phi) is 7.32. The standard InChI is InChI=1S/C17H27N3OS/c1-5-6-7-13-8-10-14(11-9-13)19-16(22)18-12-15(21)20-17(2,3)4/h8-11H,5-7,12H2,1-4H3,(H,20,21)(H2,18,19,22). The normalized spacial score (nSPS) is 10.9. The molecule has 1 aromatic carbocycles. The summed E-state index contributed by atoms with van der Waals surface area (Å²) in [6.07, 6.45) is 3.51. The molecule has 1 aromatic rings. The lowest BCUT2D eigenvalue weighted by Crippen LogP contribution is -2.46. The van der Waals surface area contributed by atoms with Gasteiger partial charge in [-0.1, -0.05) is 25.5 Å². The van der Waals surface area contributed by atoms with Crippen molar-refractivity contribution < 1.29 is 4.79 Å². The van der Waals surface area contributed by atoms with Gasteiger partial charge in [0, 0.05) is 11.2 Å². The Morgan fingerprint density at radius 2 is 1.82 bits per heavy atom. The molecule has 0 bridgehead atoms. The van der Waals surface area contributed by atoms with Gasteiger partial charge in [-0.05, 0) is 63.5 Å². The number of anilines is 1. The molecule has 0 spiro atoms. The Labute approximate surface area is 139 Å². The van der Waals surface area contributed by atoms with Crippen molar-refractivity contribution in [1.82, 2.24) is 10.6 Å². The first-order valence-electron chi connectivity index (χ1n) is 7.75. The third-order valence-corrected chi connectivity index (χ3v) is 3.20. The van der Waals surface area contributed by atoms with Crippen molar-refractivity contribution in [3.63, 3.8) is 0 Å². The van der Waals surface area contributed by atoms with Gasteiger partial charge in [0.1, 0.15) is 0 Å². The molecular formula is C17H27N3OS. The molecule has 0 aliphatic rings. The first kappa shape index (κ1) is 18.4. The third kappa shape index (κ3) is 7.98. The summed E-state index contributed by atoms with van der Waals surface area (Å²) in [4.78, 5) is 11.7. The first-order chi connectivity index (χ1) is 10.3. The van der Waals surface area contributed by atoms with Gasteiger partial charge < -0.3 is 16.0 Å². The van der Waals surface area contributed by atoms with Crippen LogP contribution in [0.5, 0.6) is 0 Å². The average Bonchev–Trinajstić information content (AvgIpc) is 2.43. The summed E-state index contributed by atoms with van der Waals surface area (Å²) in [7, 11) is 0. The SMILES string of the molecule is CCCCc1ccc(NC(=S)NCC(=O)NC(C)(C)C)cc1. The molecule has 0 saturated carbocycles. The zero-order valence-corrected chi connectivity index (χ0v) is 14.8. The summed E-state index contributed by atoms with van der Waals surface area (Å²) in [6.45, 7) is 8.19. The lowest BCUT2D eigenvalue weighted by molar-refractivity contribution is -0.121. The fourth-order valence-corrected chi connectivity index (χ4v) is 2.12. The number of carbonyl (C=O) groups excluding carboxylic acids is 1. The van der Waals surface area contributed by atoms with Gasteiger partial charge in [-0.3, -0.25) is 4.79 Å². The molecule has 0 saturated heterocycles. The molecular weight excluding hydrogens is 294 g/mol. The second kappa shape index (κ2) is 8.73. The number of thiocarbonyl (C=S) groups is 1. The van der Waals surface area contributed by atoms with E-state index >= 15 is 0 Å².